The molecular formula is C11H9Cl2FN4O. The summed E-state index contributed by atoms with van der Waals surface area (Å²) < 4.78 is 18.3. The van der Waals surface area contributed by atoms with Crippen LogP contribution in [0.15, 0.2) is 18.2 Å². The molecule has 1 aromatic carbocycles. The highest BCUT2D eigenvalue weighted by Crippen LogP contribution is 2.21. The average molecular weight is 303 g/mol. The maximum Gasteiger partial charge on any atom is 0.322 e. The van der Waals surface area contributed by atoms with Gasteiger partial charge < -0.3 is 10.1 Å². The minimum Gasteiger partial charge on any atom is -0.464 e. The fourth-order valence-corrected chi connectivity index (χ4v) is 1.71. The number of hydrogen-bond donors (Lipinski definition) is 1. The molecule has 0 bridgehead atoms. The lowest BCUT2D eigenvalue weighted by molar-refractivity contribution is 0.312. The largest absolute Gasteiger partial charge is 0.464 e. The van der Waals surface area contributed by atoms with Gasteiger partial charge in [-0.2, -0.15) is 15.0 Å². The van der Waals surface area contributed by atoms with Gasteiger partial charge in [-0.15, -0.1) is 0 Å². The van der Waals surface area contributed by atoms with Crippen LogP contribution in [0.25, 0.3) is 0 Å². The van der Waals surface area contributed by atoms with Crippen molar-refractivity contribution in [1.29, 1.82) is 0 Å². The highest BCUT2D eigenvalue weighted by Gasteiger charge is 2.07. The minimum atomic E-state index is -0.472. The van der Waals surface area contributed by atoms with Gasteiger partial charge in [0.05, 0.1) is 6.61 Å². The van der Waals surface area contributed by atoms with Gasteiger partial charge in [0, 0.05) is 10.7 Å². The molecule has 100 valence electrons. The van der Waals surface area contributed by atoms with Crippen LogP contribution in [0.2, 0.25) is 10.3 Å². The van der Waals surface area contributed by atoms with Crippen molar-refractivity contribution in [1.82, 2.24) is 15.0 Å². The Hall–Kier alpha value is -1.66. The molecular weight excluding hydrogens is 294 g/mol. The third kappa shape index (κ3) is 3.90. The van der Waals surface area contributed by atoms with E-state index in [4.69, 9.17) is 27.9 Å². The van der Waals surface area contributed by atoms with Crippen molar-refractivity contribution in [3.63, 3.8) is 0 Å². The lowest BCUT2D eigenvalue weighted by Crippen LogP contribution is -2.04. The molecule has 0 saturated carbocycles. The summed E-state index contributed by atoms with van der Waals surface area (Å²) >= 11 is 11.5. The first kappa shape index (κ1) is 13.8. The van der Waals surface area contributed by atoms with Crippen LogP contribution < -0.4 is 10.1 Å². The second kappa shape index (κ2) is 5.99. The SMILES string of the molecule is CCOc1nc(Cl)nc(Nc2cc(F)cc(Cl)c2)n1. The van der Waals surface area contributed by atoms with Gasteiger partial charge in [0.15, 0.2) is 0 Å². The lowest BCUT2D eigenvalue weighted by atomic mass is 10.3. The van der Waals surface area contributed by atoms with E-state index < -0.39 is 5.82 Å². The van der Waals surface area contributed by atoms with Crippen LogP contribution in [0.1, 0.15) is 6.92 Å². The fourth-order valence-electron chi connectivity index (χ4n) is 1.34. The Morgan fingerprint density at radius 1 is 1.21 bits per heavy atom. The fraction of sp³-hybridized carbons (Fsp3) is 0.182. The summed E-state index contributed by atoms with van der Waals surface area (Å²) in [7, 11) is 0. The zero-order chi connectivity index (χ0) is 13.8. The first-order valence-electron chi connectivity index (χ1n) is 5.34. The molecule has 0 atom stereocenters. The van der Waals surface area contributed by atoms with Crippen molar-refractivity contribution in [3.05, 3.63) is 34.3 Å². The molecule has 1 heterocycles. The van der Waals surface area contributed by atoms with Crippen molar-refractivity contribution in [2.24, 2.45) is 0 Å². The van der Waals surface area contributed by atoms with E-state index in [1.54, 1.807) is 6.92 Å². The Kier molecular flexibility index (Phi) is 4.34. The quantitative estimate of drug-likeness (QED) is 0.937. The highest BCUT2D eigenvalue weighted by molar-refractivity contribution is 6.30. The summed E-state index contributed by atoms with van der Waals surface area (Å²) in [6.45, 7) is 2.18. The number of aromatic nitrogens is 3. The maximum atomic E-state index is 13.2. The van der Waals surface area contributed by atoms with Crippen LogP contribution >= 0.6 is 23.2 Å². The van der Waals surface area contributed by atoms with E-state index in [-0.39, 0.29) is 22.3 Å². The highest BCUT2D eigenvalue weighted by atomic mass is 35.5. The molecule has 19 heavy (non-hydrogen) atoms. The molecule has 2 aromatic rings. The molecule has 0 spiro atoms. The summed E-state index contributed by atoms with van der Waals surface area (Å²) in [5.74, 6) is -0.328. The summed E-state index contributed by atoms with van der Waals surface area (Å²) in [6, 6.07) is 4.07. The summed E-state index contributed by atoms with van der Waals surface area (Å²) in [5, 5.41) is 3.01. The number of halogens is 3. The van der Waals surface area contributed by atoms with Gasteiger partial charge in [0.1, 0.15) is 5.82 Å². The lowest BCUT2D eigenvalue weighted by Gasteiger charge is -2.07. The molecule has 1 aromatic heterocycles. The molecule has 0 aliphatic rings. The van der Waals surface area contributed by atoms with E-state index in [0.29, 0.717) is 12.3 Å². The second-order valence-corrected chi connectivity index (χ2v) is 4.20. The predicted octanol–water partition coefficient (Wildman–Crippen LogP) is 3.46. The van der Waals surface area contributed by atoms with E-state index in [0.717, 1.165) is 0 Å². The third-order valence-electron chi connectivity index (χ3n) is 1.98. The zero-order valence-corrected chi connectivity index (χ0v) is 11.3. The van der Waals surface area contributed by atoms with E-state index >= 15 is 0 Å². The van der Waals surface area contributed by atoms with Crippen LogP contribution in [0, 0.1) is 5.82 Å². The van der Waals surface area contributed by atoms with Crippen molar-refractivity contribution in [3.8, 4) is 6.01 Å². The second-order valence-electron chi connectivity index (χ2n) is 3.43. The van der Waals surface area contributed by atoms with Gasteiger partial charge in [-0.3, -0.25) is 0 Å². The van der Waals surface area contributed by atoms with Gasteiger partial charge in [-0.1, -0.05) is 11.6 Å². The molecule has 0 unspecified atom stereocenters. The first-order chi connectivity index (χ1) is 9.06. The Bertz CT molecular complexity index is 577. The van der Waals surface area contributed by atoms with Crippen LogP contribution in [0.5, 0.6) is 6.01 Å². The molecule has 0 saturated heterocycles. The van der Waals surface area contributed by atoms with Crippen molar-refractivity contribution < 1.29 is 9.13 Å². The average Bonchev–Trinajstić information content (AvgIpc) is 2.26. The minimum absolute atomic E-state index is 0.0246. The molecule has 0 amide bonds. The smallest absolute Gasteiger partial charge is 0.322 e. The Morgan fingerprint density at radius 3 is 2.68 bits per heavy atom. The Morgan fingerprint density at radius 2 is 2.00 bits per heavy atom. The Balaban J connectivity index is 2.27. The molecule has 5 nitrogen and oxygen atoms in total. The number of nitrogens with zero attached hydrogens (tertiary/aromatic N) is 3. The topological polar surface area (TPSA) is 59.9 Å². The predicted molar refractivity (Wildman–Crippen MR) is 70.7 cm³/mol. The van der Waals surface area contributed by atoms with Crippen LogP contribution in [0.3, 0.4) is 0 Å². The van der Waals surface area contributed by atoms with Crippen molar-refractivity contribution in [2.45, 2.75) is 6.92 Å². The maximum absolute atomic E-state index is 13.2. The van der Waals surface area contributed by atoms with Crippen molar-refractivity contribution in [2.75, 3.05) is 11.9 Å². The molecule has 1 N–H and O–H groups in total. The number of nitrogens with one attached hydrogen (secondary N) is 1. The van der Waals surface area contributed by atoms with Crippen molar-refractivity contribution >= 4 is 34.8 Å². The van der Waals surface area contributed by atoms with Gasteiger partial charge in [-0.25, -0.2) is 4.39 Å². The van der Waals surface area contributed by atoms with Crippen LogP contribution in [0.4, 0.5) is 16.0 Å². The van der Waals surface area contributed by atoms with E-state index in [1.165, 1.54) is 18.2 Å². The molecule has 8 heteroatoms. The van der Waals surface area contributed by atoms with Crippen LogP contribution in [-0.4, -0.2) is 21.6 Å². The van der Waals surface area contributed by atoms with E-state index in [1.807, 2.05) is 0 Å². The third-order valence-corrected chi connectivity index (χ3v) is 2.37. The first-order valence-corrected chi connectivity index (χ1v) is 6.10. The number of hydrogen-bond acceptors (Lipinski definition) is 5. The molecule has 0 aliphatic carbocycles. The van der Waals surface area contributed by atoms with Gasteiger partial charge >= 0.3 is 6.01 Å². The number of ether oxygens (including phenoxy) is 1. The van der Waals surface area contributed by atoms with Gasteiger partial charge in [-0.05, 0) is 36.7 Å². The molecule has 0 aliphatic heterocycles. The summed E-state index contributed by atoms with van der Waals surface area (Å²) in [4.78, 5) is 11.6. The number of rotatable bonds is 4. The normalized spacial score (nSPS) is 10.3. The molecule has 0 radical (unpaired) electrons. The number of anilines is 2. The van der Waals surface area contributed by atoms with Gasteiger partial charge in [0.2, 0.25) is 11.2 Å². The Labute approximate surface area is 118 Å². The van der Waals surface area contributed by atoms with E-state index in [2.05, 4.69) is 20.3 Å². The van der Waals surface area contributed by atoms with Crippen LogP contribution in [-0.2, 0) is 0 Å². The number of benzene rings is 1. The van der Waals surface area contributed by atoms with E-state index in [9.17, 15) is 4.39 Å². The summed E-state index contributed by atoms with van der Waals surface area (Å²) in [6.07, 6.45) is 0. The molecule has 2 rings (SSSR count). The van der Waals surface area contributed by atoms with Gasteiger partial charge in [0.25, 0.3) is 0 Å². The standard InChI is InChI=1S/C11H9Cl2FN4O/c1-2-19-11-17-9(13)16-10(18-11)15-8-4-6(12)3-7(14)5-8/h3-5H,2H2,1H3,(H,15,16,17,18). The summed E-state index contributed by atoms with van der Waals surface area (Å²) in [5.41, 5.74) is 0.398. The zero-order valence-electron chi connectivity index (χ0n) is 9.82. The molecule has 0 fully saturated rings. The monoisotopic (exact) mass is 302 g/mol.